The molecule has 21 heavy (non-hydrogen) atoms. The van der Waals surface area contributed by atoms with Crippen molar-refractivity contribution in [3.05, 3.63) is 28.2 Å². The van der Waals surface area contributed by atoms with Crippen LogP contribution < -0.4 is 10.0 Å². The summed E-state index contributed by atoms with van der Waals surface area (Å²) >= 11 is 2.82. The molecule has 0 heterocycles. The molecule has 0 saturated heterocycles. The predicted molar refractivity (Wildman–Crippen MR) is 75.0 cm³/mol. The summed E-state index contributed by atoms with van der Waals surface area (Å²) in [4.78, 5) is 10.7. The summed E-state index contributed by atoms with van der Waals surface area (Å²) < 4.78 is 52.4. The van der Waals surface area contributed by atoms with E-state index in [1.165, 1.54) is 0 Å². The fourth-order valence-electron chi connectivity index (χ4n) is 1.72. The Bertz CT molecular complexity index is 639. The van der Waals surface area contributed by atoms with Gasteiger partial charge >= 0.3 is 0 Å². The first-order valence-corrected chi connectivity index (χ1v) is 8.51. The van der Waals surface area contributed by atoms with Crippen molar-refractivity contribution in [2.45, 2.75) is 17.7 Å². The molecule has 2 rings (SSSR count). The molecule has 0 spiro atoms. The summed E-state index contributed by atoms with van der Waals surface area (Å²) in [5.41, 5.74) is 0. The third-order valence-corrected chi connectivity index (χ3v) is 5.32. The van der Waals surface area contributed by atoms with Gasteiger partial charge in [-0.15, -0.1) is 0 Å². The summed E-state index contributed by atoms with van der Waals surface area (Å²) in [6, 6.07) is 1.36. The van der Waals surface area contributed by atoms with Crippen molar-refractivity contribution >= 4 is 31.9 Å². The van der Waals surface area contributed by atoms with Gasteiger partial charge in [0.15, 0.2) is 0 Å². The number of amides is 1. The second-order valence-corrected chi connectivity index (χ2v) is 7.22. The highest BCUT2D eigenvalue weighted by Crippen LogP contribution is 2.28. The van der Waals surface area contributed by atoms with E-state index < -0.39 is 26.6 Å². The predicted octanol–water partition coefficient (Wildman–Crippen LogP) is 1.53. The zero-order valence-corrected chi connectivity index (χ0v) is 13.2. The van der Waals surface area contributed by atoms with Crippen LogP contribution in [0.2, 0.25) is 0 Å². The second-order valence-electron chi connectivity index (χ2n) is 4.66. The highest BCUT2D eigenvalue weighted by Gasteiger charge is 2.29. The van der Waals surface area contributed by atoms with E-state index in [-0.39, 0.29) is 29.4 Å². The van der Waals surface area contributed by atoms with Gasteiger partial charge in [0.25, 0.3) is 0 Å². The van der Waals surface area contributed by atoms with Crippen LogP contribution in [0.15, 0.2) is 21.5 Å². The van der Waals surface area contributed by atoms with E-state index in [4.69, 9.17) is 0 Å². The first kappa shape index (κ1) is 16.3. The zero-order valence-electron chi connectivity index (χ0n) is 10.8. The topological polar surface area (TPSA) is 75.3 Å². The van der Waals surface area contributed by atoms with Crippen LogP contribution in [0.3, 0.4) is 0 Å². The molecule has 1 aromatic carbocycles. The lowest BCUT2D eigenvalue weighted by atomic mass is 10.3. The van der Waals surface area contributed by atoms with Crippen molar-refractivity contribution in [3.63, 3.8) is 0 Å². The van der Waals surface area contributed by atoms with Crippen molar-refractivity contribution in [2.75, 3.05) is 13.1 Å². The van der Waals surface area contributed by atoms with Crippen molar-refractivity contribution < 1.29 is 22.0 Å². The van der Waals surface area contributed by atoms with E-state index in [9.17, 15) is 22.0 Å². The van der Waals surface area contributed by atoms with Crippen molar-refractivity contribution in [2.24, 2.45) is 5.92 Å². The Morgan fingerprint density at radius 2 is 1.95 bits per heavy atom. The average Bonchev–Trinajstić information content (AvgIpc) is 3.16. The molecule has 1 saturated carbocycles. The molecule has 0 radical (unpaired) electrons. The van der Waals surface area contributed by atoms with Gasteiger partial charge in [-0.1, -0.05) is 0 Å². The smallest absolute Gasteiger partial charge is 0.244 e. The molecule has 2 N–H and O–H groups in total. The Kier molecular flexibility index (Phi) is 4.95. The molecule has 0 aliphatic heterocycles. The van der Waals surface area contributed by atoms with Gasteiger partial charge in [-0.25, -0.2) is 21.9 Å². The van der Waals surface area contributed by atoms with Gasteiger partial charge in [0.05, 0.1) is 0 Å². The number of carbonyl (C=O) groups excluding carboxylic acids is 1. The minimum Gasteiger partial charge on any atom is -0.355 e. The Morgan fingerprint density at radius 3 is 2.52 bits per heavy atom. The van der Waals surface area contributed by atoms with Gasteiger partial charge < -0.3 is 5.32 Å². The number of rotatable bonds is 6. The monoisotopic (exact) mass is 382 g/mol. The first-order chi connectivity index (χ1) is 9.81. The number of nitrogens with one attached hydrogen (secondary N) is 2. The molecular weight excluding hydrogens is 370 g/mol. The summed E-state index contributed by atoms with van der Waals surface area (Å²) in [6.07, 6.45) is 1.70. The maximum atomic E-state index is 13.6. The molecule has 0 aromatic heterocycles. The van der Waals surface area contributed by atoms with Crippen molar-refractivity contribution in [1.82, 2.24) is 10.0 Å². The SMILES string of the molecule is O=C(NCCNS(=O)(=O)c1c(F)cc(F)cc1Br)C1CC1. The summed E-state index contributed by atoms with van der Waals surface area (Å²) in [5, 5.41) is 2.58. The Hall–Kier alpha value is -1.06. The minimum absolute atomic E-state index is 0.0327. The van der Waals surface area contributed by atoms with Crippen molar-refractivity contribution in [3.8, 4) is 0 Å². The van der Waals surface area contributed by atoms with E-state index in [1.54, 1.807) is 0 Å². The summed E-state index contributed by atoms with van der Waals surface area (Å²) in [5.74, 6) is -2.14. The fourth-order valence-corrected chi connectivity index (χ4v) is 3.91. The summed E-state index contributed by atoms with van der Waals surface area (Å²) in [7, 11) is -4.13. The zero-order chi connectivity index (χ0) is 15.6. The molecule has 116 valence electrons. The molecule has 1 amide bonds. The molecule has 0 bridgehead atoms. The van der Waals surface area contributed by atoms with Crippen LogP contribution in [-0.2, 0) is 14.8 Å². The van der Waals surface area contributed by atoms with E-state index in [0.717, 1.165) is 18.9 Å². The van der Waals surface area contributed by atoms with E-state index in [0.29, 0.717) is 6.07 Å². The van der Waals surface area contributed by atoms with Gasteiger partial charge in [0.1, 0.15) is 16.5 Å². The Balaban J connectivity index is 1.96. The Morgan fingerprint density at radius 1 is 1.29 bits per heavy atom. The first-order valence-electron chi connectivity index (χ1n) is 6.23. The van der Waals surface area contributed by atoms with Crippen LogP contribution >= 0.6 is 15.9 Å². The lowest BCUT2D eigenvalue weighted by Gasteiger charge is -2.10. The highest BCUT2D eigenvalue weighted by molar-refractivity contribution is 9.10. The molecule has 9 heteroatoms. The van der Waals surface area contributed by atoms with E-state index >= 15 is 0 Å². The standard InChI is InChI=1S/C12H13BrF2N2O3S/c13-9-5-8(14)6-10(15)11(9)21(19,20)17-4-3-16-12(18)7-1-2-7/h5-7,17H,1-4H2,(H,16,18). The lowest BCUT2D eigenvalue weighted by molar-refractivity contribution is -0.122. The molecule has 1 aliphatic carbocycles. The molecule has 1 fully saturated rings. The van der Waals surface area contributed by atoms with Gasteiger partial charge in [0.2, 0.25) is 15.9 Å². The third kappa shape index (κ3) is 4.21. The number of hydrogen-bond acceptors (Lipinski definition) is 3. The number of halogens is 3. The second kappa shape index (κ2) is 6.37. The Labute approximate surface area is 129 Å². The number of sulfonamides is 1. The van der Waals surface area contributed by atoms with Crippen LogP contribution in [0.5, 0.6) is 0 Å². The van der Waals surface area contributed by atoms with Crippen LogP contribution in [0.4, 0.5) is 8.78 Å². The number of hydrogen-bond donors (Lipinski definition) is 2. The quantitative estimate of drug-likeness (QED) is 0.732. The maximum absolute atomic E-state index is 13.6. The van der Waals surface area contributed by atoms with Crippen LogP contribution in [-0.4, -0.2) is 27.4 Å². The van der Waals surface area contributed by atoms with Crippen molar-refractivity contribution in [1.29, 1.82) is 0 Å². The normalized spacial score (nSPS) is 15.0. The van der Waals surface area contributed by atoms with Gasteiger partial charge in [-0.3, -0.25) is 4.79 Å². The summed E-state index contributed by atoms with van der Waals surface area (Å²) in [6.45, 7) is 0.0268. The van der Waals surface area contributed by atoms with Crippen LogP contribution in [0.1, 0.15) is 12.8 Å². The van der Waals surface area contributed by atoms with Gasteiger partial charge in [-0.2, -0.15) is 0 Å². The van der Waals surface area contributed by atoms with E-state index in [2.05, 4.69) is 26.0 Å². The minimum atomic E-state index is -4.13. The van der Waals surface area contributed by atoms with Gasteiger partial charge in [0, 0.05) is 29.5 Å². The molecule has 5 nitrogen and oxygen atoms in total. The molecule has 0 atom stereocenters. The average molecular weight is 383 g/mol. The number of carbonyl (C=O) groups is 1. The van der Waals surface area contributed by atoms with E-state index in [1.807, 2.05) is 0 Å². The third-order valence-electron chi connectivity index (χ3n) is 2.90. The highest BCUT2D eigenvalue weighted by atomic mass is 79.9. The fraction of sp³-hybridized carbons (Fsp3) is 0.417. The molecule has 0 unspecified atom stereocenters. The maximum Gasteiger partial charge on any atom is 0.244 e. The number of benzene rings is 1. The van der Waals surface area contributed by atoms with Gasteiger partial charge in [-0.05, 0) is 34.8 Å². The molecular formula is C12H13BrF2N2O3S. The van der Waals surface area contributed by atoms with Crippen LogP contribution in [0.25, 0.3) is 0 Å². The lowest BCUT2D eigenvalue weighted by Crippen LogP contribution is -2.35. The molecule has 1 aliphatic rings. The largest absolute Gasteiger partial charge is 0.355 e. The van der Waals surface area contributed by atoms with Crippen LogP contribution in [0, 0.1) is 17.6 Å². The molecule has 1 aromatic rings.